The van der Waals surface area contributed by atoms with E-state index in [1.165, 1.54) is 11.9 Å². The molecule has 1 rings (SSSR count). The number of carboxylic acids is 1. The fourth-order valence-corrected chi connectivity index (χ4v) is 2.54. The highest BCUT2D eigenvalue weighted by Crippen LogP contribution is 2.21. The molecule has 1 aliphatic heterocycles. The number of carbonyl (C=O) groups is 2. The average molecular weight is 272 g/mol. The molecule has 1 saturated heterocycles. The van der Waals surface area contributed by atoms with Gasteiger partial charge in [-0.1, -0.05) is 6.92 Å². The smallest absolute Gasteiger partial charge is 0.326 e. The fourth-order valence-electron chi connectivity index (χ4n) is 2.54. The van der Waals surface area contributed by atoms with Gasteiger partial charge in [0.15, 0.2) is 0 Å². The Bertz CT molecular complexity index is 325. The predicted octanol–water partition coefficient (Wildman–Crippen LogP) is 0.994. The van der Waals surface area contributed by atoms with Gasteiger partial charge in [0.2, 0.25) is 0 Å². The quantitative estimate of drug-likeness (QED) is 0.800. The number of likely N-dealkylation sites (tertiary alicyclic amines) is 1. The lowest BCUT2D eigenvalue weighted by molar-refractivity contribution is -0.142. The number of carboxylic acid groups (broad SMARTS) is 1. The maximum Gasteiger partial charge on any atom is 0.326 e. The number of aliphatic hydroxyl groups excluding tert-OH is 1. The molecule has 0 spiro atoms. The van der Waals surface area contributed by atoms with Crippen LogP contribution in [-0.2, 0) is 4.79 Å². The minimum Gasteiger partial charge on any atom is -0.480 e. The molecule has 110 valence electrons. The molecule has 0 bridgehead atoms. The summed E-state index contributed by atoms with van der Waals surface area (Å²) in [6.07, 6.45) is 1.57. The van der Waals surface area contributed by atoms with Gasteiger partial charge in [0.1, 0.15) is 6.04 Å². The number of piperidine rings is 1. The van der Waals surface area contributed by atoms with Crippen molar-refractivity contribution in [1.82, 2.24) is 9.80 Å². The molecule has 0 aromatic rings. The lowest BCUT2D eigenvalue weighted by atomic mass is 9.92. The third-order valence-electron chi connectivity index (χ3n) is 3.93. The lowest BCUT2D eigenvalue weighted by Gasteiger charge is -2.36. The van der Waals surface area contributed by atoms with E-state index in [0.29, 0.717) is 19.5 Å². The van der Waals surface area contributed by atoms with E-state index in [2.05, 4.69) is 0 Å². The summed E-state index contributed by atoms with van der Waals surface area (Å²) in [5, 5.41) is 18.6. The minimum atomic E-state index is -0.975. The first-order chi connectivity index (χ1) is 8.88. The van der Waals surface area contributed by atoms with Crippen LogP contribution in [0.15, 0.2) is 0 Å². The highest BCUT2D eigenvalue weighted by molar-refractivity contribution is 5.82. The Morgan fingerprint density at radius 1 is 1.37 bits per heavy atom. The standard InChI is InChI=1S/C13H24N2O4/c1-4-11(12(17)18)14(3)13(19)15-7-5-10(6-8-15)9(2)16/h9-11,16H,4-8H2,1-3H3,(H,17,18). The number of carbonyl (C=O) groups excluding carboxylic acids is 1. The number of urea groups is 1. The summed E-state index contributed by atoms with van der Waals surface area (Å²) in [5.74, 6) is -0.743. The maximum atomic E-state index is 12.2. The van der Waals surface area contributed by atoms with Crippen molar-refractivity contribution in [1.29, 1.82) is 0 Å². The van der Waals surface area contributed by atoms with Gasteiger partial charge < -0.3 is 20.0 Å². The molecule has 2 amide bonds. The summed E-state index contributed by atoms with van der Waals surface area (Å²) in [6.45, 7) is 4.68. The Morgan fingerprint density at radius 2 is 1.89 bits per heavy atom. The Labute approximate surface area is 114 Å². The monoisotopic (exact) mass is 272 g/mol. The lowest BCUT2D eigenvalue weighted by Crippen LogP contribution is -2.51. The van der Waals surface area contributed by atoms with Gasteiger partial charge in [-0.15, -0.1) is 0 Å². The highest BCUT2D eigenvalue weighted by Gasteiger charge is 2.31. The van der Waals surface area contributed by atoms with E-state index in [1.54, 1.807) is 18.7 Å². The van der Waals surface area contributed by atoms with E-state index in [0.717, 1.165) is 12.8 Å². The number of aliphatic carboxylic acids is 1. The minimum absolute atomic E-state index is 0.232. The first-order valence-corrected chi connectivity index (χ1v) is 6.81. The van der Waals surface area contributed by atoms with Crippen LogP contribution in [-0.4, -0.2) is 64.3 Å². The Hall–Kier alpha value is -1.30. The summed E-state index contributed by atoms with van der Waals surface area (Å²) in [7, 11) is 1.53. The second-order valence-corrected chi connectivity index (χ2v) is 5.22. The van der Waals surface area contributed by atoms with Crippen LogP contribution in [0.25, 0.3) is 0 Å². The Morgan fingerprint density at radius 3 is 2.26 bits per heavy atom. The van der Waals surface area contributed by atoms with Gasteiger partial charge in [-0.25, -0.2) is 9.59 Å². The first-order valence-electron chi connectivity index (χ1n) is 6.81. The topological polar surface area (TPSA) is 81.1 Å². The van der Waals surface area contributed by atoms with E-state index in [1.807, 2.05) is 0 Å². The van der Waals surface area contributed by atoms with Crippen molar-refractivity contribution in [3.8, 4) is 0 Å². The van der Waals surface area contributed by atoms with Crippen molar-refractivity contribution in [2.45, 2.75) is 45.3 Å². The van der Waals surface area contributed by atoms with Crippen molar-refractivity contribution in [3.63, 3.8) is 0 Å². The van der Waals surface area contributed by atoms with Crippen molar-refractivity contribution < 1.29 is 19.8 Å². The molecule has 0 saturated carbocycles. The van der Waals surface area contributed by atoms with E-state index in [4.69, 9.17) is 5.11 Å². The molecule has 1 aliphatic rings. The third kappa shape index (κ3) is 3.83. The van der Waals surface area contributed by atoms with E-state index < -0.39 is 12.0 Å². The molecule has 1 heterocycles. The van der Waals surface area contributed by atoms with Gasteiger partial charge in [0, 0.05) is 20.1 Å². The molecular weight excluding hydrogens is 248 g/mol. The molecule has 0 aliphatic carbocycles. The van der Waals surface area contributed by atoms with Gasteiger partial charge in [-0.2, -0.15) is 0 Å². The number of likely N-dealkylation sites (N-methyl/N-ethyl adjacent to an activating group) is 1. The molecule has 1 fully saturated rings. The van der Waals surface area contributed by atoms with Crippen LogP contribution in [0.5, 0.6) is 0 Å². The zero-order valence-corrected chi connectivity index (χ0v) is 11.9. The zero-order chi connectivity index (χ0) is 14.6. The largest absolute Gasteiger partial charge is 0.480 e. The highest BCUT2D eigenvalue weighted by atomic mass is 16.4. The molecule has 0 aromatic heterocycles. The van der Waals surface area contributed by atoms with Crippen LogP contribution in [0.3, 0.4) is 0 Å². The summed E-state index contributed by atoms with van der Waals surface area (Å²) < 4.78 is 0. The molecule has 2 unspecified atom stereocenters. The van der Waals surface area contributed by atoms with E-state index in [-0.39, 0.29) is 18.1 Å². The van der Waals surface area contributed by atoms with Crippen molar-refractivity contribution >= 4 is 12.0 Å². The van der Waals surface area contributed by atoms with E-state index >= 15 is 0 Å². The molecule has 6 heteroatoms. The summed E-state index contributed by atoms with van der Waals surface area (Å²) >= 11 is 0. The van der Waals surface area contributed by atoms with Gasteiger partial charge in [0.25, 0.3) is 0 Å². The van der Waals surface area contributed by atoms with Gasteiger partial charge in [-0.05, 0) is 32.1 Å². The molecule has 2 N–H and O–H groups in total. The summed E-state index contributed by atoms with van der Waals surface area (Å²) in [4.78, 5) is 26.2. The zero-order valence-electron chi connectivity index (χ0n) is 11.9. The van der Waals surface area contributed by atoms with Crippen molar-refractivity contribution in [2.24, 2.45) is 5.92 Å². The number of hydrogen-bond donors (Lipinski definition) is 2. The number of nitrogens with zero attached hydrogens (tertiary/aromatic N) is 2. The van der Waals surface area contributed by atoms with Crippen LogP contribution < -0.4 is 0 Å². The van der Waals surface area contributed by atoms with Gasteiger partial charge >= 0.3 is 12.0 Å². The van der Waals surface area contributed by atoms with Crippen LogP contribution in [0, 0.1) is 5.92 Å². The molecule has 6 nitrogen and oxygen atoms in total. The number of rotatable bonds is 4. The Kier molecular flexibility index (Phi) is 5.60. The van der Waals surface area contributed by atoms with E-state index in [9.17, 15) is 14.7 Å². The number of amides is 2. The summed E-state index contributed by atoms with van der Waals surface area (Å²) in [5.41, 5.74) is 0. The molecular formula is C13H24N2O4. The molecule has 2 atom stereocenters. The van der Waals surface area contributed by atoms with Crippen LogP contribution in [0.1, 0.15) is 33.1 Å². The molecule has 19 heavy (non-hydrogen) atoms. The van der Waals surface area contributed by atoms with Crippen LogP contribution in [0.4, 0.5) is 4.79 Å². The van der Waals surface area contributed by atoms with Gasteiger partial charge in [0.05, 0.1) is 6.10 Å². The normalized spacial score (nSPS) is 19.9. The second kappa shape index (κ2) is 6.75. The predicted molar refractivity (Wildman–Crippen MR) is 70.9 cm³/mol. The van der Waals surface area contributed by atoms with Crippen molar-refractivity contribution in [2.75, 3.05) is 20.1 Å². The van der Waals surface area contributed by atoms with Gasteiger partial charge in [-0.3, -0.25) is 0 Å². The molecule has 0 radical (unpaired) electrons. The second-order valence-electron chi connectivity index (χ2n) is 5.22. The molecule has 0 aromatic carbocycles. The SMILES string of the molecule is CCC(C(=O)O)N(C)C(=O)N1CCC(C(C)O)CC1. The maximum absolute atomic E-state index is 12.2. The average Bonchev–Trinajstić information content (AvgIpc) is 2.38. The summed E-state index contributed by atoms with van der Waals surface area (Å²) in [6, 6.07) is -1.01. The number of hydrogen-bond acceptors (Lipinski definition) is 3. The van der Waals surface area contributed by atoms with Crippen LogP contribution >= 0.6 is 0 Å². The first kappa shape index (κ1) is 15.8. The number of aliphatic hydroxyl groups is 1. The Balaban J connectivity index is 2.57. The van der Waals surface area contributed by atoms with Crippen LogP contribution in [0.2, 0.25) is 0 Å². The van der Waals surface area contributed by atoms with Crippen molar-refractivity contribution in [3.05, 3.63) is 0 Å². The third-order valence-corrected chi connectivity index (χ3v) is 3.93. The fraction of sp³-hybridized carbons (Fsp3) is 0.846.